The Labute approximate surface area is 185 Å². The summed E-state index contributed by atoms with van der Waals surface area (Å²) in [6, 6.07) is 6.53. The van der Waals surface area contributed by atoms with Crippen LogP contribution in [0, 0.1) is 0 Å². The molecule has 1 aliphatic rings. The average molecular weight is 451 g/mol. The van der Waals surface area contributed by atoms with E-state index < -0.39 is 0 Å². The van der Waals surface area contributed by atoms with Gasteiger partial charge < -0.3 is 19.7 Å². The van der Waals surface area contributed by atoms with Crippen LogP contribution in [-0.2, 0) is 18.4 Å². The van der Waals surface area contributed by atoms with Gasteiger partial charge in [0.2, 0.25) is 5.91 Å². The van der Waals surface area contributed by atoms with Crippen molar-refractivity contribution in [2.24, 2.45) is 12.0 Å². The Balaban J connectivity index is 1.45. The summed E-state index contributed by atoms with van der Waals surface area (Å²) < 4.78 is 2.11. The van der Waals surface area contributed by atoms with E-state index in [0.29, 0.717) is 23.8 Å². The van der Waals surface area contributed by atoms with Crippen molar-refractivity contribution in [2.75, 3.05) is 52.1 Å². The van der Waals surface area contributed by atoms with Crippen LogP contribution in [-0.4, -0.2) is 78.0 Å². The molecule has 30 heavy (non-hydrogen) atoms. The summed E-state index contributed by atoms with van der Waals surface area (Å²) in [5, 5.41) is 5.50. The molecule has 0 bridgehead atoms. The van der Waals surface area contributed by atoms with Crippen LogP contribution in [0.2, 0.25) is 5.02 Å². The Hall–Kier alpha value is -2.36. The van der Waals surface area contributed by atoms with E-state index in [1.807, 2.05) is 11.9 Å². The van der Waals surface area contributed by atoms with E-state index in [1.165, 1.54) is 10.6 Å². The van der Waals surface area contributed by atoms with E-state index >= 15 is 0 Å². The molecule has 1 aliphatic heterocycles. The van der Waals surface area contributed by atoms with Gasteiger partial charge in [-0.2, -0.15) is 0 Å². The lowest BCUT2D eigenvalue weighted by molar-refractivity contribution is -0.133. The average Bonchev–Trinajstić information content (AvgIpc) is 3.09. The minimum Gasteiger partial charge on any atom is -0.339 e. The fourth-order valence-corrected chi connectivity index (χ4v) is 4.24. The minimum absolute atomic E-state index is 0.0419. The third-order valence-electron chi connectivity index (χ3n) is 5.13. The van der Waals surface area contributed by atoms with Gasteiger partial charge in [-0.25, -0.2) is 4.79 Å². The number of hydrogen-bond acceptors (Lipinski definition) is 5. The number of urea groups is 1. The first-order valence-corrected chi connectivity index (χ1v) is 11.0. The van der Waals surface area contributed by atoms with E-state index in [-0.39, 0.29) is 18.5 Å². The topological polar surface area (TPSA) is 73.2 Å². The molecular formula is C20H27ClN6O2S. The highest BCUT2D eigenvalue weighted by molar-refractivity contribution is 7.07. The Morgan fingerprint density at radius 1 is 1.20 bits per heavy atom. The summed E-state index contributed by atoms with van der Waals surface area (Å²) in [7, 11) is 5.44. The Bertz CT molecular complexity index is 947. The van der Waals surface area contributed by atoms with Gasteiger partial charge in [0.25, 0.3) is 0 Å². The molecule has 0 spiro atoms. The molecule has 1 saturated heterocycles. The van der Waals surface area contributed by atoms with Gasteiger partial charge in [-0.1, -0.05) is 11.6 Å². The molecule has 3 amide bonds. The number of carbonyl (C=O) groups is 2. The Kier molecular flexibility index (Phi) is 7.52. The summed E-state index contributed by atoms with van der Waals surface area (Å²) in [5.41, 5.74) is 1.86. The monoisotopic (exact) mass is 450 g/mol. The second kappa shape index (κ2) is 10.1. The first kappa shape index (κ1) is 22.3. The van der Waals surface area contributed by atoms with E-state index in [2.05, 4.69) is 25.2 Å². The van der Waals surface area contributed by atoms with Gasteiger partial charge in [0.15, 0.2) is 4.80 Å². The second-order valence-corrected chi connectivity index (χ2v) is 8.52. The van der Waals surface area contributed by atoms with Crippen molar-refractivity contribution in [3.05, 3.63) is 45.2 Å². The maximum Gasteiger partial charge on any atom is 0.322 e. The summed E-state index contributed by atoms with van der Waals surface area (Å²) in [5.74, 6) is -0.0448. The van der Waals surface area contributed by atoms with Gasteiger partial charge >= 0.3 is 6.03 Å². The van der Waals surface area contributed by atoms with Gasteiger partial charge in [0, 0.05) is 75.7 Å². The van der Waals surface area contributed by atoms with Gasteiger partial charge in [0.05, 0.1) is 0 Å². The van der Waals surface area contributed by atoms with Crippen molar-refractivity contribution in [3.63, 3.8) is 0 Å². The standard InChI is InChI=1S/C20H27ClN6O2S/c1-22-20-25(3)17(14-30-20)12-26-8-10-27(11-9-26)18(28)13-24(2)19(29)23-16-6-4-15(21)5-7-16/h4-7,14H,8-13H2,1-3H3,(H,23,29). The molecule has 8 nitrogen and oxygen atoms in total. The van der Waals surface area contributed by atoms with E-state index in [1.54, 1.807) is 49.7 Å². The van der Waals surface area contributed by atoms with Crippen LogP contribution in [0.4, 0.5) is 10.5 Å². The van der Waals surface area contributed by atoms with Gasteiger partial charge in [-0.3, -0.25) is 14.7 Å². The maximum absolute atomic E-state index is 12.6. The molecular weight excluding hydrogens is 424 g/mol. The van der Waals surface area contributed by atoms with Crippen LogP contribution < -0.4 is 10.1 Å². The van der Waals surface area contributed by atoms with Crippen LogP contribution in [0.25, 0.3) is 0 Å². The zero-order valence-electron chi connectivity index (χ0n) is 17.5. The predicted octanol–water partition coefficient (Wildman–Crippen LogP) is 2.08. The van der Waals surface area contributed by atoms with Crippen molar-refractivity contribution in [1.82, 2.24) is 19.3 Å². The van der Waals surface area contributed by atoms with Crippen molar-refractivity contribution in [1.29, 1.82) is 0 Å². The lowest BCUT2D eigenvalue weighted by atomic mass is 10.3. The number of hydrogen-bond donors (Lipinski definition) is 1. The molecule has 2 aromatic rings. The van der Waals surface area contributed by atoms with Crippen molar-refractivity contribution >= 4 is 40.6 Å². The number of aromatic nitrogens is 1. The van der Waals surface area contributed by atoms with Crippen LogP contribution >= 0.6 is 22.9 Å². The smallest absolute Gasteiger partial charge is 0.322 e. The number of anilines is 1. The molecule has 1 fully saturated rings. The number of benzene rings is 1. The normalized spacial score (nSPS) is 15.3. The highest BCUT2D eigenvalue weighted by atomic mass is 35.5. The number of thiazole rings is 1. The molecule has 2 heterocycles. The number of amides is 3. The number of nitrogens with one attached hydrogen (secondary N) is 1. The van der Waals surface area contributed by atoms with Crippen molar-refractivity contribution in [2.45, 2.75) is 6.54 Å². The number of rotatable bonds is 5. The Morgan fingerprint density at radius 3 is 2.47 bits per heavy atom. The third-order valence-corrected chi connectivity index (χ3v) is 6.44. The fourth-order valence-electron chi connectivity index (χ4n) is 3.26. The molecule has 162 valence electrons. The highest BCUT2D eigenvalue weighted by Crippen LogP contribution is 2.14. The SMILES string of the molecule is CN=c1scc(CN2CCN(C(=O)CN(C)C(=O)Nc3ccc(Cl)cc3)CC2)n1C. The van der Waals surface area contributed by atoms with Crippen LogP contribution in [0.3, 0.4) is 0 Å². The highest BCUT2D eigenvalue weighted by Gasteiger charge is 2.23. The first-order valence-electron chi connectivity index (χ1n) is 9.71. The second-order valence-electron chi connectivity index (χ2n) is 7.24. The summed E-state index contributed by atoms with van der Waals surface area (Å²) in [4.78, 5) is 35.8. The number of nitrogens with zero attached hydrogens (tertiary/aromatic N) is 5. The first-order chi connectivity index (χ1) is 14.4. The molecule has 0 aliphatic carbocycles. The molecule has 1 N–H and O–H groups in total. The number of carbonyl (C=O) groups excluding carboxylic acids is 2. The van der Waals surface area contributed by atoms with Gasteiger partial charge in [-0.15, -0.1) is 11.3 Å². The zero-order chi connectivity index (χ0) is 21.7. The molecule has 10 heteroatoms. The van der Waals surface area contributed by atoms with Crippen LogP contribution in [0.15, 0.2) is 34.6 Å². The summed E-state index contributed by atoms with van der Waals surface area (Å²) >= 11 is 7.49. The number of piperazine rings is 1. The molecule has 0 saturated carbocycles. The molecule has 3 rings (SSSR count). The van der Waals surface area contributed by atoms with Crippen LogP contribution in [0.5, 0.6) is 0 Å². The minimum atomic E-state index is -0.327. The Morgan fingerprint density at radius 2 is 1.87 bits per heavy atom. The molecule has 0 unspecified atom stereocenters. The molecule has 0 radical (unpaired) electrons. The van der Waals surface area contributed by atoms with Crippen LogP contribution in [0.1, 0.15) is 5.69 Å². The van der Waals surface area contributed by atoms with E-state index in [9.17, 15) is 9.59 Å². The molecule has 1 aromatic heterocycles. The maximum atomic E-state index is 12.6. The molecule has 0 atom stereocenters. The summed E-state index contributed by atoms with van der Waals surface area (Å²) in [6.45, 7) is 3.81. The van der Waals surface area contributed by atoms with Gasteiger partial charge in [0.1, 0.15) is 6.54 Å². The zero-order valence-corrected chi connectivity index (χ0v) is 19.0. The summed E-state index contributed by atoms with van der Waals surface area (Å²) in [6.07, 6.45) is 0. The van der Waals surface area contributed by atoms with Crippen molar-refractivity contribution in [3.8, 4) is 0 Å². The quantitative estimate of drug-likeness (QED) is 0.758. The van der Waals surface area contributed by atoms with Gasteiger partial charge in [-0.05, 0) is 24.3 Å². The fraction of sp³-hybridized carbons (Fsp3) is 0.450. The number of likely N-dealkylation sites (N-methyl/N-ethyl adjacent to an activating group) is 1. The van der Waals surface area contributed by atoms with Crippen molar-refractivity contribution < 1.29 is 9.59 Å². The lowest BCUT2D eigenvalue weighted by Gasteiger charge is -2.35. The lowest BCUT2D eigenvalue weighted by Crippen LogP contribution is -2.51. The third kappa shape index (κ3) is 5.62. The van der Waals surface area contributed by atoms with E-state index in [0.717, 1.165) is 24.4 Å². The predicted molar refractivity (Wildman–Crippen MR) is 120 cm³/mol. The largest absolute Gasteiger partial charge is 0.339 e. The number of halogens is 1. The molecule has 1 aromatic carbocycles. The van der Waals surface area contributed by atoms with E-state index in [4.69, 9.17) is 11.6 Å².